The van der Waals surface area contributed by atoms with E-state index in [0.717, 1.165) is 31.6 Å². The second-order valence-corrected chi connectivity index (χ2v) is 3.41. The zero-order valence-electron chi connectivity index (χ0n) is 7.45. The lowest BCUT2D eigenvalue weighted by Gasteiger charge is -2.20. The number of carbonyl (C=O) groups is 1. The molecule has 1 N–H and O–H groups in total. The van der Waals surface area contributed by atoms with E-state index < -0.39 is 0 Å². The number of piperidine rings is 1. The van der Waals surface area contributed by atoms with Gasteiger partial charge >= 0.3 is 0 Å². The summed E-state index contributed by atoms with van der Waals surface area (Å²) in [6, 6.07) is 3.78. The minimum atomic E-state index is 0.111. The first-order valence-electron chi connectivity index (χ1n) is 4.66. The number of nitrogens with one attached hydrogen (secondary N) is 1. The Morgan fingerprint density at radius 2 is 2.54 bits per heavy atom. The van der Waals surface area contributed by atoms with Gasteiger partial charge in [-0.05, 0) is 25.0 Å². The van der Waals surface area contributed by atoms with Crippen molar-refractivity contribution in [3.05, 3.63) is 24.2 Å². The SMILES string of the molecule is O=C1NCCCC1Cc1ccco1. The van der Waals surface area contributed by atoms with Gasteiger partial charge in [0.1, 0.15) is 5.76 Å². The van der Waals surface area contributed by atoms with Gasteiger partial charge < -0.3 is 9.73 Å². The zero-order valence-corrected chi connectivity index (χ0v) is 7.45. The van der Waals surface area contributed by atoms with E-state index in [0.29, 0.717) is 0 Å². The third-order valence-electron chi connectivity index (χ3n) is 2.43. The molecule has 1 unspecified atom stereocenters. The highest BCUT2D eigenvalue weighted by atomic mass is 16.3. The molecule has 1 atom stereocenters. The standard InChI is InChI=1S/C10H13NO2/c12-10-8(3-1-5-11-10)7-9-4-2-6-13-9/h2,4,6,8H,1,3,5,7H2,(H,11,12). The van der Waals surface area contributed by atoms with Crippen molar-refractivity contribution in [3.63, 3.8) is 0 Å². The van der Waals surface area contributed by atoms with Crippen molar-refractivity contribution in [2.75, 3.05) is 6.54 Å². The zero-order chi connectivity index (χ0) is 9.10. The molecular formula is C10H13NO2. The Balaban J connectivity index is 1.97. The van der Waals surface area contributed by atoms with Crippen molar-refractivity contribution in [1.82, 2.24) is 5.32 Å². The van der Waals surface area contributed by atoms with Crippen LogP contribution >= 0.6 is 0 Å². The Labute approximate surface area is 77.1 Å². The van der Waals surface area contributed by atoms with E-state index in [4.69, 9.17) is 4.42 Å². The van der Waals surface area contributed by atoms with Crippen LogP contribution in [-0.2, 0) is 11.2 Å². The molecule has 13 heavy (non-hydrogen) atoms. The molecule has 1 saturated heterocycles. The molecule has 3 heteroatoms. The largest absolute Gasteiger partial charge is 0.469 e. The Bertz CT molecular complexity index is 279. The first-order chi connectivity index (χ1) is 6.36. The molecule has 1 fully saturated rings. The van der Waals surface area contributed by atoms with Crippen molar-refractivity contribution in [2.24, 2.45) is 5.92 Å². The molecule has 0 radical (unpaired) electrons. The molecule has 70 valence electrons. The van der Waals surface area contributed by atoms with E-state index in [1.54, 1.807) is 6.26 Å². The summed E-state index contributed by atoms with van der Waals surface area (Å²) < 4.78 is 5.20. The molecule has 2 heterocycles. The minimum absolute atomic E-state index is 0.111. The van der Waals surface area contributed by atoms with Crippen LogP contribution in [-0.4, -0.2) is 12.5 Å². The van der Waals surface area contributed by atoms with Crippen LogP contribution in [0.3, 0.4) is 0 Å². The Kier molecular flexibility index (Phi) is 2.34. The average molecular weight is 179 g/mol. The fourth-order valence-corrected chi connectivity index (χ4v) is 1.70. The van der Waals surface area contributed by atoms with E-state index >= 15 is 0 Å². The van der Waals surface area contributed by atoms with Crippen molar-refractivity contribution in [3.8, 4) is 0 Å². The van der Waals surface area contributed by atoms with Gasteiger partial charge in [-0.15, -0.1) is 0 Å². The second-order valence-electron chi connectivity index (χ2n) is 3.41. The van der Waals surface area contributed by atoms with Gasteiger partial charge in [-0.25, -0.2) is 0 Å². The molecule has 2 rings (SSSR count). The summed E-state index contributed by atoms with van der Waals surface area (Å²) in [5.41, 5.74) is 0. The van der Waals surface area contributed by atoms with Crippen molar-refractivity contribution < 1.29 is 9.21 Å². The molecule has 0 saturated carbocycles. The van der Waals surface area contributed by atoms with Crippen LogP contribution in [0.5, 0.6) is 0 Å². The van der Waals surface area contributed by atoms with Gasteiger partial charge in [-0.2, -0.15) is 0 Å². The first kappa shape index (κ1) is 8.35. The van der Waals surface area contributed by atoms with Crippen LogP contribution in [0.25, 0.3) is 0 Å². The highest BCUT2D eigenvalue weighted by Gasteiger charge is 2.22. The van der Waals surface area contributed by atoms with Crippen LogP contribution in [0.1, 0.15) is 18.6 Å². The van der Waals surface area contributed by atoms with E-state index in [-0.39, 0.29) is 11.8 Å². The molecule has 0 aromatic carbocycles. The predicted molar refractivity (Wildman–Crippen MR) is 48.1 cm³/mol. The number of hydrogen-bond donors (Lipinski definition) is 1. The maximum absolute atomic E-state index is 11.4. The Morgan fingerprint density at radius 3 is 3.23 bits per heavy atom. The maximum atomic E-state index is 11.4. The monoisotopic (exact) mass is 179 g/mol. The normalized spacial score (nSPS) is 22.8. The molecule has 0 spiro atoms. The van der Waals surface area contributed by atoms with Crippen LogP contribution in [0.4, 0.5) is 0 Å². The predicted octanol–water partition coefficient (Wildman–Crippen LogP) is 1.35. The van der Waals surface area contributed by atoms with Gasteiger partial charge in [-0.3, -0.25) is 4.79 Å². The number of hydrogen-bond acceptors (Lipinski definition) is 2. The molecule has 1 amide bonds. The number of amides is 1. The van der Waals surface area contributed by atoms with Crippen LogP contribution < -0.4 is 5.32 Å². The van der Waals surface area contributed by atoms with Crippen molar-refractivity contribution >= 4 is 5.91 Å². The number of furan rings is 1. The van der Waals surface area contributed by atoms with Gasteiger partial charge in [-0.1, -0.05) is 0 Å². The highest BCUT2D eigenvalue weighted by Crippen LogP contribution is 2.17. The van der Waals surface area contributed by atoms with Gasteiger partial charge in [0.15, 0.2) is 0 Å². The summed E-state index contributed by atoms with van der Waals surface area (Å²) in [6.45, 7) is 0.827. The third-order valence-corrected chi connectivity index (χ3v) is 2.43. The third kappa shape index (κ3) is 1.91. The van der Waals surface area contributed by atoms with E-state index in [9.17, 15) is 4.79 Å². The molecule has 1 aromatic rings. The number of carbonyl (C=O) groups excluding carboxylic acids is 1. The summed E-state index contributed by atoms with van der Waals surface area (Å²) in [5.74, 6) is 1.18. The van der Waals surface area contributed by atoms with Gasteiger partial charge in [0, 0.05) is 18.9 Å². The molecule has 3 nitrogen and oxygen atoms in total. The smallest absolute Gasteiger partial charge is 0.223 e. The summed E-state index contributed by atoms with van der Waals surface area (Å²) >= 11 is 0. The van der Waals surface area contributed by atoms with Crippen LogP contribution in [0.15, 0.2) is 22.8 Å². The van der Waals surface area contributed by atoms with Crippen molar-refractivity contribution in [2.45, 2.75) is 19.3 Å². The molecule has 1 aliphatic rings. The molecule has 1 aliphatic heterocycles. The fraction of sp³-hybridized carbons (Fsp3) is 0.500. The van der Waals surface area contributed by atoms with E-state index in [1.807, 2.05) is 12.1 Å². The fourth-order valence-electron chi connectivity index (χ4n) is 1.70. The van der Waals surface area contributed by atoms with Gasteiger partial charge in [0.2, 0.25) is 5.91 Å². The quantitative estimate of drug-likeness (QED) is 0.744. The van der Waals surface area contributed by atoms with Gasteiger partial charge in [0.05, 0.1) is 6.26 Å². The molecule has 0 aliphatic carbocycles. The van der Waals surface area contributed by atoms with Crippen LogP contribution in [0, 0.1) is 5.92 Å². The topological polar surface area (TPSA) is 42.2 Å². The summed E-state index contributed by atoms with van der Waals surface area (Å²) in [5, 5.41) is 2.86. The molecule has 0 bridgehead atoms. The first-order valence-corrected chi connectivity index (χ1v) is 4.66. The average Bonchev–Trinajstić information content (AvgIpc) is 2.61. The van der Waals surface area contributed by atoms with E-state index in [2.05, 4.69) is 5.32 Å². The lowest BCUT2D eigenvalue weighted by molar-refractivity contribution is -0.126. The molecular weight excluding hydrogens is 166 g/mol. The summed E-state index contributed by atoms with van der Waals surface area (Å²) in [6.07, 6.45) is 4.44. The molecule has 1 aromatic heterocycles. The lowest BCUT2D eigenvalue weighted by atomic mass is 9.94. The Morgan fingerprint density at radius 1 is 1.62 bits per heavy atom. The van der Waals surface area contributed by atoms with Gasteiger partial charge in [0.25, 0.3) is 0 Å². The maximum Gasteiger partial charge on any atom is 0.223 e. The number of rotatable bonds is 2. The lowest BCUT2D eigenvalue weighted by Crippen LogP contribution is -2.37. The Hall–Kier alpha value is -1.25. The summed E-state index contributed by atoms with van der Waals surface area (Å²) in [4.78, 5) is 11.4. The summed E-state index contributed by atoms with van der Waals surface area (Å²) in [7, 11) is 0. The second kappa shape index (κ2) is 3.64. The van der Waals surface area contributed by atoms with Crippen molar-refractivity contribution in [1.29, 1.82) is 0 Å². The van der Waals surface area contributed by atoms with Crippen LogP contribution in [0.2, 0.25) is 0 Å². The minimum Gasteiger partial charge on any atom is -0.469 e. The highest BCUT2D eigenvalue weighted by molar-refractivity contribution is 5.79. The van der Waals surface area contributed by atoms with E-state index in [1.165, 1.54) is 0 Å².